The van der Waals surface area contributed by atoms with Gasteiger partial charge in [-0.1, -0.05) is 19.1 Å². The second-order valence-corrected chi connectivity index (χ2v) is 6.68. The van der Waals surface area contributed by atoms with E-state index in [0.29, 0.717) is 0 Å². The molecule has 0 unspecified atom stereocenters. The fourth-order valence-corrected chi connectivity index (χ4v) is 2.89. The smallest absolute Gasteiger partial charge is 0.190 e. The van der Waals surface area contributed by atoms with E-state index >= 15 is 0 Å². The molecule has 0 aliphatic carbocycles. The van der Waals surface area contributed by atoms with Crippen molar-refractivity contribution in [1.29, 1.82) is 0 Å². The third-order valence-corrected chi connectivity index (χ3v) is 4.24. The number of benzene rings is 1. The van der Waals surface area contributed by atoms with E-state index in [2.05, 4.69) is 57.5 Å². The standard InChI is InChI=1S/C21H33N5O/c1-5-14-27-20-9-6-8-19(16-20)10-12-24-21(22-4)23-11-7-13-26-18(3)15-17(2)25-26/h6,8-9,15-16H,5,7,10-14H2,1-4H3,(H2,22,23,24). The predicted octanol–water partition coefficient (Wildman–Crippen LogP) is 3.09. The third kappa shape index (κ3) is 7.33. The Kier molecular flexibility index (Phi) is 8.68. The minimum absolute atomic E-state index is 0.760. The van der Waals surface area contributed by atoms with Gasteiger partial charge in [0, 0.05) is 32.4 Å². The summed E-state index contributed by atoms with van der Waals surface area (Å²) in [6.07, 6.45) is 2.95. The molecule has 0 spiro atoms. The number of aromatic nitrogens is 2. The van der Waals surface area contributed by atoms with Crippen molar-refractivity contribution in [3.8, 4) is 5.75 Å². The van der Waals surface area contributed by atoms with Gasteiger partial charge in [-0.05, 0) is 56.9 Å². The number of nitrogens with one attached hydrogen (secondary N) is 2. The molecule has 6 heteroatoms. The molecule has 6 nitrogen and oxygen atoms in total. The number of hydrogen-bond acceptors (Lipinski definition) is 3. The first-order valence-electron chi connectivity index (χ1n) is 9.79. The van der Waals surface area contributed by atoms with Crippen molar-refractivity contribution < 1.29 is 4.74 Å². The van der Waals surface area contributed by atoms with Gasteiger partial charge in [0.2, 0.25) is 0 Å². The van der Waals surface area contributed by atoms with E-state index < -0.39 is 0 Å². The van der Waals surface area contributed by atoms with Crippen LogP contribution in [-0.4, -0.2) is 42.5 Å². The largest absolute Gasteiger partial charge is 0.494 e. The van der Waals surface area contributed by atoms with Crippen LogP contribution in [0.5, 0.6) is 5.75 Å². The second-order valence-electron chi connectivity index (χ2n) is 6.68. The molecule has 0 radical (unpaired) electrons. The Hall–Kier alpha value is -2.50. The molecule has 0 saturated carbocycles. The first-order chi connectivity index (χ1) is 13.1. The molecule has 0 aliphatic rings. The molecule has 0 aliphatic heterocycles. The second kappa shape index (κ2) is 11.3. The van der Waals surface area contributed by atoms with Gasteiger partial charge in [0.1, 0.15) is 5.75 Å². The number of nitrogens with zero attached hydrogens (tertiary/aromatic N) is 3. The first-order valence-corrected chi connectivity index (χ1v) is 9.79. The number of ether oxygens (including phenoxy) is 1. The zero-order valence-corrected chi connectivity index (χ0v) is 17.1. The summed E-state index contributed by atoms with van der Waals surface area (Å²) in [7, 11) is 1.80. The van der Waals surface area contributed by atoms with Crippen molar-refractivity contribution in [3.05, 3.63) is 47.3 Å². The molecule has 2 aromatic rings. The predicted molar refractivity (Wildman–Crippen MR) is 112 cm³/mol. The zero-order valence-electron chi connectivity index (χ0n) is 17.1. The summed E-state index contributed by atoms with van der Waals surface area (Å²) in [6.45, 7) is 9.59. The Morgan fingerprint density at radius 1 is 1.19 bits per heavy atom. The lowest BCUT2D eigenvalue weighted by Gasteiger charge is -2.12. The van der Waals surface area contributed by atoms with Crippen LogP contribution in [0.25, 0.3) is 0 Å². The van der Waals surface area contributed by atoms with Gasteiger partial charge in [-0.15, -0.1) is 0 Å². The summed E-state index contributed by atoms with van der Waals surface area (Å²) in [5, 5.41) is 11.2. The van der Waals surface area contributed by atoms with E-state index in [1.54, 1.807) is 7.05 Å². The fourth-order valence-electron chi connectivity index (χ4n) is 2.89. The number of guanidine groups is 1. The van der Waals surface area contributed by atoms with Crippen LogP contribution in [0.4, 0.5) is 0 Å². The average molecular weight is 372 g/mol. The van der Waals surface area contributed by atoms with E-state index in [9.17, 15) is 0 Å². The van der Waals surface area contributed by atoms with Crippen molar-refractivity contribution in [2.45, 2.75) is 46.6 Å². The van der Waals surface area contributed by atoms with E-state index in [1.165, 1.54) is 11.3 Å². The summed E-state index contributed by atoms with van der Waals surface area (Å²) >= 11 is 0. The zero-order chi connectivity index (χ0) is 19.5. The van der Waals surface area contributed by atoms with Crippen LogP contribution < -0.4 is 15.4 Å². The van der Waals surface area contributed by atoms with Gasteiger partial charge >= 0.3 is 0 Å². The topological polar surface area (TPSA) is 63.5 Å². The molecule has 148 valence electrons. The Labute approximate surface area is 163 Å². The van der Waals surface area contributed by atoms with Crippen molar-refractivity contribution in [2.24, 2.45) is 4.99 Å². The molecule has 27 heavy (non-hydrogen) atoms. The van der Waals surface area contributed by atoms with Gasteiger partial charge in [-0.2, -0.15) is 5.10 Å². The highest BCUT2D eigenvalue weighted by molar-refractivity contribution is 5.79. The Morgan fingerprint density at radius 2 is 2.00 bits per heavy atom. The molecule has 2 N–H and O–H groups in total. The lowest BCUT2D eigenvalue weighted by Crippen LogP contribution is -2.39. The summed E-state index contributed by atoms with van der Waals surface area (Å²) < 4.78 is 7.75. The lowest BCUT2D eigenvalue weighted by atomic mass is 10.1. The summed E-state index contributed by atoms with van der Waals surface area (Å²) in [5.41, 5.74) is 3.54. The summed E-state index contributed by atoms with van der Waals surface area (Å²) in [5.74, 6) is 1.78. The van der Waals surface area contributed by atoms with Gasteiger partial charge in [0.15, 0.2) is 5.96 Å². The van der Waals surface area contributed by atoms with Crippen LogP contribution in [-0.2, 0) is 13.0 Å². The van der Waals surface area contributed by atoms with Crippen LogP contribution in [0.3, 0.4) is 0 Å². The van der Waals surface area contributed by atoms with Crippen molar-refractivity contribution in [3.63, 3.8) is 0 Å². The Balaban J connectivity index is 1.67. The molecular weight excluding hydrogens is 338 g/mol. The molecule has 0 fully saturated rings. The van der Waals surface area contributed by atoms with Gasteiger partial charge in [-0.25, -0.2) is 0 Å². The van der Waals surface area contributed by atoms with E-state index in [1.807, 2.05) is 19.1 Å². The van der Waals surface area contributed by atoms with Crippen molar-refractivity contribution in [1.82, 2.24) is 20.4 Å². The molecule has 0 atom stereocenters. The molecular formula is C21H33N5O. The summed E-state index contributed by atoms with van der Waals surface area (Å²) in [4.78, 5) is 4.29. The molecule has 1 heterocycles. The van der Waals surface area contributed by atoms with Crippen LogP contribution >= 0.6 is 0 Å². The number of hydrogen-bond donors (Lipinski definition) is 2. The Bertz CT molecular complexity index is 723. The van der Waals surface area contributed by atoms with Gasteiger partial charge in [0.25, 0.3) is 0 Å². The third-order valence-electron chi connectivity index (χ3n) is 4.24. The van der Waals surface area contributed by atoms with E-state index in [0.717, 1.165) is 62.9 Å². The van der Waals surface area contributed by atoms with Gasteiger partial charge in [-0.3, -0.25) is 9.67 Å². The average Bonchev–Trinajstić information content (AvgIpc) is 2.99. The highest BCUT2D eigenvalue weighted by Crippen LogP contribution is 2.13. The SMILES string of the molecule is CCCOc1cccc(CCNC(=NC)NCCCn2nc(C)cc2C)c1. The minimum atomic E-state index is 0.760. The maximum atomic E-state index is 5.69. The molecule has 0 bridgehead atoms. The normalized spacial score (nSPS) is 11.5. The number of aryl methyl sites for hydroxylation is 3. The monoisotopic (exact) mass is 371 g/mol. The van der Waals surface area contributed by atoms with Crippen LogP contribution in [0.1, 0.15) is 36.7 Å². The summed E-state index contributed by atoms with van der Waals surface area (Å²) in [6, 6.07) is 10.4. The fraction of sp³-hybridized carbons (Fsp3) is 0.524. The first kappa shape index (κ1) is 20.8. The van der Waals surface area contributed by atoms with Gasteiger partial charge < -0.3 is 15.4 Å². The van der Waals surface area contributed by atoms with Crippen LogP contribution in [0.15, 0.2) is 35.3 Å². The van der Waals surface area contributed by atoms with Gasteiger partial charge in [0.05, 0.1) is 12.3 Å². The lowest BCUT2D eigenvalue weighted by molar-refractivity contribution is 0.317. The maximum absolute atomic E-state index is 5.69. The molecule has 1 aromatic carbocycles. The highest BCUT2D eigenvalue weighted by Gasteiger charge is 2.02. The maximum Gasteiger partial charge on any atom is 0.190 e. The number of rotatable bonds is 10. The van der Waals surface area contributed by atoms with E-state index in [-0.39, 0.29) is 0 Å². The molecule has 1 aromatic heterocycles. The van der Waals surface area contributed by atoms with Crippen molar-refractivity contribution in [2.75, 3.05) is 26.7 Å². The van der Waals surface area contributed by atoms with Crippen molar-refractivity contribution >= 4 is 5.96 Å². The van der Waals surface area contributed by atoms with Crippen LogP contribution in [0.2, 0.25) is 0 Å². The van der Waals surface area contributed by atoms with E-state index in [4.69, 9.17) is 4.74 Å². The minimum Gasteiger partial charge on any atom is -0.494 e. The molecule has 0 saturated heterocycles. The van der Waals surface area contributed by atoms with Crippen LogP contribution in [0, 0.1) is 13.8 Å². The molecule has 2 rings (SSSR count). The number of aliphatic imine (C=N–C) groups is 1. The quantitative estimate of drug-likeness (QED) is 0.383. The highest BCUT2D eigenvalue weighted by atomic mass is 16.5. The Morgan fingerprint density at radius 3 is 2.70 bits per heavy atom. The molecule has 0 amide bonds.